The van der Waals surface area contributed by atoms with Gasteiger partial charge >= 0.3 is 0 Å². The van der Waals surface area contributed by atoms with Crippen LogP contribution in [0.4, 0.5) is 5.82 Å². The highest BCUT2D eigenvalue weighted by Crippen LogP contribution is 2.32. The number of hydrogen-bond acceptors (Lipinski definition) is 5. The van der Waals surface area contributed by atoms with E-state index < -0.39 is 5.91 Å². The molecule has 8 heteroatoms. The van der Waals surface area contributed by atoms with E-state index >= 15 is 0 Å². The Hall–Kier alpha value is -2.93. The molecule has 0 aliphatic heterocycles. The Morgan fingerprint density at radius 2 is 2.08 bits per heavy atom. The first-order valence-corrected chi connectivity index (χ1v) is 7.44. The first-order chi connectivity index (χ1) is 11.6. The number of carbonyl (C=O) groups is 1. The highest BCUT2D eigenvalue weighted by Gasteiger charge is 2.13. The summed E-state index contributed by atoms with van der Waals surface area (Å²) in [6.45, 7) is 1.80. The number of aromatic nitrogens is 4. The minimum atomic E-state index is -0.390. The molecular formula is C16H14ClN5O2. The van der Waals surface area contributed by atoms with Crippen LogP contribution in [0, 0.1) is 6.92 Å². The molecule has 0 aliphatic carbocycles. The zero-order valence-electron chi connectivity index (χ0n) is 13.0. The molecule has 0 bridgehead atoms. The van der Waals surface area contributed by atoms with Crippen molar-refractivity contribution in [3.05, 3.63) is 53.1 Å². The second-order valence-corrected chi connectivity index (χ2v) is 5.45. The lowest BCUT2D eigenvalue weighted by molar-refractivity contribution is 0.102. The summed E-state index contributed by atoms with van der Waals surface area (Å²) in [5.41, 5.74) is 2.36. The number of rotatable bonds is 4. The number of aromatic amines is 1. The molecule has 2 heterocycles. The monoisotopic (exact) mass is 343 g/mol. The normalized spacial score (nSPS) is 10.5. The number of nitrogens with one attached hydrogen (secondary N) is 2. The van der Waals surface area contributed by atoms with Gasteiger partial charge in [0.1, 0.15) is 11.4 Å². The molecule has 1 amide bonds. The van der Waals surface area contributed by atoms with Gasteiger partial charge in [0.05, 0.1) is 24.7 Å². The van der Waals surface area contributed by atoms with E-state index in [1.165, 1.54) is 12.4 Å². The van der Waals surface area contributed by atoms with Gasteiger partial charge in [-0.15, -0.1) is 0 Å². The largest absolute Gasteiger partial charge is 0.496 e. The maximum absolute atomic E-state index is 12.1. The fraction of sp³-hybridized carbons (Fsp3) is 0.125. The number of nitrogens with zero attached hydrogens (tertiary/aromatic N) is 3. The fourth-order valence-electron chi connectivity index (χ4n) is 2.10. The number of anilines is 1. The zero-order valence-corrected chi connectivity index (χ0v) is 13.8. The van der Waals surface area contributed by atoms with E-state index in [1.54, 1.807) is 38.3 Å². The first kappa shape index (κ1) is 15.9. The summed E-state index contributed by atoms with van der Waals surface area (Å²) in [6, 6.07) is 6.94. The van der Waals surface area contributed by atoms with Gasteiger partial charge in [-0.05, 0) is 25.1 Å². The standard InChI is InChI=1S/C16H14ClN5O2/c1-9-7-19-13(8-18-9)16(23)20-15-6-12(21-22-15)11-5-10(17)3-4-14(11)24-2/h3-8H,1-2H3,(H2,20,21,22,23). The minimum Gasteiger partial charge on any atom is -0.496 e. The summed E-state index contributed by atoms with van der Waals surface area (Å²) in [7, 11) is 1.57. The Balaban J connectivity index is 1.82. The number of aryl methyl sites for hydroxylation is 1. The Bertz CT molecular complexity index is 876. The number of ether oxygens (including phenoxy) is 1. The SMILES string of the molecule is COc1ccc(Cl)cc1-c1cc(NC(=O)c2cnc(C)cn2)n[nH]1. The van der Waals surface area contributed by atoms with Crippen molar-refractivity contribution < 1.29 is 9.53 Å². The number of halogens is 1. The van der Waals surface area contributed by atoms with Gasteiger partial charge in [0.25, 0.3) is 5.91 Å². The number of amides is 1. The van der Waals surface area contributed by atoms with E-state index in [4.69, 9.17) is 16.3 Å². The molecule has 2 aromatic heterocycles. The maximum Gasteiger partial charge on any atom is 0.277 e. The van der Waals surface area contributed by atoms with E-state index in [0.717, 1.165) is 11.3 Å². The highest BCUT2D eigenvalue weighted by atomic mass is 35.5. The van der Waals surface area contributed by atoms with E-state index in [2.05, 4.69) is 25.5 Å². The van der Waals surface area contributed by atoms with E-state index in [0.29, 0.717) is 22.3 Å². The second-order valence-electron chi connectivity index (χ2n) is 5.01. The third-order valence-corrected chi connectivity index (χ3v) is 3.52. The lowest BCUT2D eigenvalue weighted by atomic mass is 10.1. The summed E-state index contributed by atoms with van der Waals surface area (Å²) < 4.78 is 5.31. The van der Waals surface area contributed by atoms with E-state index in [9.17, 15) is 4.79 Å². The smallest absolute Gasteiger partial charge is 0.277 e. The number of hydrogen-bond donors (Lipinski definition) is 2. The Kier molecular flexibility index (Phi) is 4.43. The molecular weight excluding hydrogens is 330 g/mol. The van der Waals surface area contributed by atoms with E-state index in [-0.39, 0.29) is 5.69 Å². The molecule has 24 heavy (non-hydrogen) atoms. The van der Waals surface area contributed by atoms with Crippen molar-refractivity contribution in [3.63, 3.8) is 0 Å². The third-order valence-electron chi connectivity index (χ3n) is 3.28. The number of H-pyrrole nitrogens is 1. The van der Waals surface area contributed by atoms with Crippen LogP contribution < -0.4 is 10.1 Å². The molecule has 0 atom stereocenters. The Morgan fingerprint density at radius 1 is 1.25 bits per heavy atom. The zero-order chi connectivity index (χ0) is 17.1. The summed E-state index contributed by atoms with van der Waals surface area (Å²) in [6.07, 6.45) is 2.94. The van der Waals surface area contributed by atoms with Crippen LogP contribution in [0.3, 0.4) is 0 Å². The van der Waals surface area contributed by atoms with Crippen LogP contribution in [-0.4, -0.2) is 33.2 Å². The minimum absolute atomic E-state index is 0.213. The van der Waals surface area contributed by atoms with Crippen LogP contribution in [0.15, 0.2) is 36.7 Å². The molecule has 3 rings (SSSR count). The highest BCUT2D eigenvalue weighted by molar-refractivity contribution is 6.31. The van der Waals surface area contributed by atoms with Gasteiger partial charge < -0.3 is 10.1 Å². The molecule has 0 spiro atoms. The van der Waals surface area contributed by atoms with Gasteiger partial charge in [0.2, 0.25) is 0 Å². The van der Waals surface area contributed by atoms with Crippen molar-refractivity contribution in [1.29, 1.82) is 0 Å². The molecule has 2 N–H and O–H groups in total. The molecule has 0 aliphatic rings. The van der Waals surface area contributed by atoms with Crippen molar-refractivity contribution in [3.8, 4) is 17.0 Å². The lowest BCUT2D eigenvalue weighted by Crippen LogP contribution is -2.14. The van der Waals surface area contributed by atoms with E-state index in [1.807, 2.05) is 0 Å². The predicted molar refractivity (Wildman–Crippen MR) is 90.3 cm³/mol. The summed E-state index contributed by atoms with van der Waals surface area (Å²) in [5, 5.41) is 10.2. The molecule has 122 valence electrons. The predicted octanol–water partition coefficient (Wildman–Crippen LogP) is 3.09. The van der Waals surface area contributed by atoms with Gasteiger partial charge in [-0.1, -0.05) is 11.6 Å². The fourth-order valence-corrected chi connectivity index (χ4v) is 2.28. The number of benzene rings is 1. The Morgan fingerprint density at radius 3 is 2.79 bits per heavy atom. The molecule has 0 fully saturated rings. The summed E-state index contributed by atoms with van der Waals surface area (Å²) >= 11 is 6.03. The van der Waals surface area contributed by atoms with Crippen molar-refractivity contribution >= 4 is 23.3 Å². The quantitative estimate of drug-likeness (QED) is 0.759. The average molecular weight is 344 g/mol. The van der Waals surface area contributed by atoms with Crippen molar-refractivity contribution in [2.75, 3.05) is 12.4 Å². The molecule has 7 nitrogen and oxygen atoms in total. The average Bonchev–Trinajstić information content (AvgIpc) is 3.03. The third kappa shape index (κ3) is 3.36. The van der Waals surface area contributed by atoms with Crippen molar-refractivity contribution in [2.24, 2.45) is 0 Å². The summed E-state index contributed by atoms with van der Waals surface area (Å²) in [5.74, 6) is 0.614. The van der Waals surface area contributed by atoms with Crippen molar-refractivity contribution in [1.82, 2.24) is 20.2 Å². The van der Waals surface area contributed by atoms with Crippen LogP contribution in [0.25, 0.3) is 11.3 Å². The number of methoxy groups -OCH3 is 1. The molecule has 0 saturated carbocycles. The van der Waals surface area contributed by atoms with Gasteiger partial charge in [0, 0.05) is 22.8 Å². The molecule has 3 aromatic rings. The van der Waals surface area contributed by atoms with Crippen LogP contribution in [0.1, 0.15) is 16.2 Å². The lowest BCUT2D eigenvalue weighted by Gasteiger charge is -2.06. The summed E-state index contributed by atoms with van der Waals surface area (Å²) in [4.78, 5) is 20.2. The maximum atomic E-state index is 12.1. The van der Waals surface area contributed by atoms with Gasteiger partial charge in [-0.3, -0.25) is 14.9 Å². The molecule has 0 radical (unpaired) electrons. The van der Waals surface area contributed by atoms with Crippen LogP contribution in [0.5, 0.6) is 5.75 Å². The van der Waals surface area contributed by atoms with Crippen molar-refractivity contribution in [2.45, 2.75) is 6.92 Å². The van der Waals surface area contributed by atoms with Gasteiger partial charge in [-0.25, -0.2) is 4.98 Å². The van der Waals surface area contributed by atoms with Gasteiger partial charge in [0.15, 0.2) is 5.82 Å². The molecule has 1 aromatic carbocycles. The topological polar surface area (TPSA) is 92.8 Å². The Labute approximate surface area is 143 Å². The molecule has 0 unspecified atom stereocenters. The second kappa shape index (κ2) is 6.67. The number of carbonyl (C=O) groups excluding carboxylic acids is 1. The van der Waals surface area contributed by atoms with Crippen LogP contribution in [0.2, 0.25) is 5.02 Å². The molecule has 0 saturated heterocycles. The van der Waals surface area contributed by atoms with Crippen LogP contribution in [-0.2, 0) is 0 Å². The van der Waals surface area contributed by atoms with Crippen LogP contribution >= 0.6 is 11.6 Å². The van der Waals surface area contributed by atoms with Gasteiger partial charge in [-0.2, -0.15) is 5.10 Å². The first-order valence-electron chi connectivity index (χ1n) is 7.06.